The van der Waals surface area contributed by atoms with Gasteiger partial charge >= 0.3 is 0 Å². The van der Waals surface area contributed by atoms with Crippen molar-refractivity contribution in [1.82, 2.24) is 20.3 Å². The van der Waals surface area contributed by atoms with Crippen LogP contribution in [0.1, 0.15) is 24.6 Å². The Kier molecular flexibility index (Phi) is 4.97. The maximum Gasteiger partial charge on any atom is 0.216 e. The molecule has 6 nitrogen and oxygen atoms in total. The minimum absolute atomic E-state index is 0.00658. The van der Waals surface area contributed by atoms with Gasteiger partial charge < -0.3 is 15.6 Å². The highest BCUT2D eigenvalue weighted by Crippen LogP contribution is 2.29. The van der Waals surface area contributed by atoms with Crippen molar-refractivity contribution < 1.29 is 4.79 Å². The number of aromatic amines is 1. The van der Waals surface area contributed by atoms with Crippen LogP contribution < -0.4 is 10.6 Å². The van der Waals surface area contributed by atoms with E-state index in [9.17, 15) is 4.79 Å². The Morgan fingerprint density at radius 1 is 1.12 bits per heavy atom. The number of fused-ring (bicyclic) bond motifs is 1. The number of aromatic nitrogens is 3. The van der Waals surface area contributed by atoms with Crippen LogP contribution in [0.4, 0.5) is 5.82 Å². The summed E-state index contributed by atoms with van der Waals surface area (Å²) in [4.78, 5) is 23.7. The number of rotatable bonds is 6. The second-order valence-corrected chi connectivity index (χ2v) is 6.12. The first-order valence-electron chi connectivity index (χ1n) is 8.47. The van der Waals surface area contributed by atoms with Crippen LogP contribution in [0.2, 0.25) is 0 Å². The Morgan fingerprint density at radius 2 is 1.88 bits per heavy atom. The number of H-pyrrole nitrogens is 1. The van der Waals surface area contributed by atoms with Crippen molar-refractivity contribution in [3.63, 3.8) is 0 Å². The molecule has 3 N–H and O–H groups in total. The first kappa shape index (κ1) is 17.0. The number of hydrogen-bond donors (Lipinski definition) is 3. The van der Waals surface area contributed by atoms with Gasteiger partial charge in [-0.25, -0.2) is 9.97 Å². The van der Waals surface area contributed by atoms with E-state index in [0.29, 0.717) is 12.4 Å². The lowest BCUT2D eigenvalue weighted by atomic mass is 10.2. The van der Waals surface area contributed by atoms with Crippen LogP contribution in [-0.2, 0) is 4.79 Å². The quantitative estimate of drug-likeness (QED) is 0.603. The van der Waals surface area contributed by atoms with Crippen LogP contribution in [0.25, 0.3) is 22.4 Å². The lowest BCUT2D eigenvalue weighted by Crippen LogP contribution is -2.22. The van der Waals surface area contributed by atoms with Crippen LogP contribution in [0.5, 0.6) is 0 Å². The molecule has 0 atom stereocenters. The minimum Gasteiger partial charge on any atom is -0.369 e. The predicted octanol–water partition coefficient (Wildman–Crippen LogP) is 3.18. The second kappa shape index (κ2) is 7.34. The molecule has 0 unspecified atom stereocenters. The number of amides is 1. The summed E-state index contributed by atoms with van der Waals surface area (Å²) in [5.41, 5.74) is 4.07. The van der Waals surface area contributed by atoms with Crippen LogP contribution in [0.15, 0.2) is 30.3 Å². The first-order chi connectivity index (χ1) is 12.1. The Hall–Kier alpha value is -2.89. The summed E-state index contributed by atoms with van der Waals surface area (Å²) >= 11 is 0. The zero-order chi connectivity index (χ0) is 17.8. The van der Waals surface area contributed by atoms with Gasteiger partial charge in [-0.2, -0.15) is 0 Å². The molecule has 0 spiro atoms. The topological polar surface area (TPSA) is 82.7 Å². The predicted molar refractivity (Wildman–Crippen MR) is 101 cm³/mol. The summed E-state index contributed by atoms with van der Waals surface area (Å²) in [6.07, 6.45) is 0.828. The van der Waals surface area contributed by atoms with Crippen molar-refractivity contribution in [1.29, 1.82) is 0 Å². The number of nitrogens with zero attached hydrogens (tertiary/aromatic N) is 2. The molecule has 1 amide bonds. The van der Waals surface area contributed by atoms with E-state index in [1.165, 1.54) is 6.92 Å². The second-order valence-electron chi connectivity index (χ2n) is 6.12. The summed E-state index contributed by atoms with van der Waals surface area (Å²) in [6.45, 7) is 7.01. The van der Waals surface area contributed by atoms with Gasteiger partial charge in [-0.15, -0.1) is 0 Å². The highest BCUT2D eigenvalue weighted by atomic mass is 16.1. The molecule has 0 fully saturated rings. The highest BCUT2D eigenvalue weighted by molar-refractivity contribution is 5.92. The molecule has 0 saturated heterocycles. The number of anilines is 1. The van der Waals surface area contributed by atoms with E-state index >= 15 is 0 Å². The molecular weight excluding hydrogens is 314 g/mol. The van der Waals surface area contributed by atoms with E-state index in [0.717, 1.165) is 46.6 Å². The van der Waals surface area contributed by atoms with Gasteiger partial charge in [0.1, 0.15) is 11.5 Å². The summed E-state index contributed by atoms with van der Waals surface area (Å²) in [5, 5.41) is 7.23. The number of aryl methyl sites for hydroxylation is 2. The third-order valence-corrected chi connectivity index (χ3v) is 4.20. The number of benzene rings is 1. The molecule has 0 aliphatic rings. The van der Waals surface area contributed by atoms with Gasteiger partial charge in [-0.1, -0.05) is 30.3 Å². The smallest absolute Gasteiger partial charge is 0.216 e. The molecule has 2 aromatic heterocycles. The van der Waals surface area contributed by atoms with Gasteiger partial charge in [0.15, 0.2) is 5.82 Å². The molecule has 0 radical (unpaired) electrons. The molecule has 130 valence electrons. The molecule has 3 aromatic rings. The van der Waals surface area contributed by atoms with Gasteiger partial charge in [-0.3, -0.25) is 4.79 Å². The van der Waals surface area contributed by atoms with Crippen molar-refractivity contribution in [2.45, 2.75) is 27.2 Å². The van der Waals surface area contributed by atoms with Gasteiger partial charge in [0.05, 0.1) is 5.39 Å². The fourth-order valence-electron chi connectivity index (χ4n) is 2.77. The molecular formula is C19H23N5O. The number of nitrogens with one attached hydrogen (secondary N) is 3. The average Bonchev–Trinajstić information content (AvgIpc) is 2.89. The number of carbonyl (C=O) groups excluding carboxylic acids is 1. The largest absolute Gasteiger partial charge is 0.369 e. The number of hydrogen-bond acceptors (Lipinski definition) is 4. The highest BCUT2D eigenvalue weighted by Gasteiger charge is 2.14. The molecule has 0 bridgehead atoms. The van der Waals surface area contributed by atoms with Crippen LogP contribution in [-0.4, -0.2) is 33.9 Å². The number of carbonyl (C=O) groups is 1. The minimum atomic E-state index is -0.00658. The zero-order valence-corrected chi connectivity index (χ0v) is 14.8. The lowest BCUT2D eigenvalue weighted by Gasteiger charge is -2.10. The first-order valence-corrected chi connectivity index (χ1v) is 8.47. The molecule has 6 heteroatoms. The normalized spacial score (nSPS) is 10.8. The maximum absolute atomic E-state index is 10.9. The van der Waals surface area contributed by atoms with Crippen molar-refractivity contribution in [3.05, 3.63) is 41.6 Å². The van der Waals surface area contributed by atoms with Crippen molar-refractivity contribution in [2.75, 3.05) is 18.4 Å². The third kappa shape index (κ3) is 3.79. The average molecular weight is 337 g/mol. The van der Waals surface area contributed by atoms with E-state index in [4.69, 9.17) is 9.97 Å². The molecule has 1 aromatic carbocycles. The van der Waals surface area contributed by atoms with Crippen molar-refractivity contribution >= 4 is 22.8 Å². The summed E-state index contributed by atoms with van der Waals surface area (Å²) in [5.74, 6) is 1.51. The Balaban J connectivity index is 1.90. The maximum atomic E-state index is 10.9. The van der Waals surface area contributed by atoms with E-state index in [1.807, 2.05) is 37.3 Å². The van der Waals surface area contributed by atoms with Gasteiger partial charge in [0, 0.05) is 31.3 Å². The SMILES string of the molecule is CC(=O)NCCCNc1nc(-c2ccccc2)nc2[nH]c(C)c(C)c12. The van der Waals surface area contributed by atoms with Gasteiger partial charge in [-0.05, 0) is 25.8 Å². The van der Waals surface area contributed by atoms with Crippen molar-refractivity contribution in [2.24, 2.45) is 0 Å². The Morgan fingerprint density at radius 3 is 2.60 bits per heavy atom. The summed E-state index contributed by atoms with van der Waals surface area (Å²) in [7, 11) is 0. The monoisotopic (exact) mass is 337 g/mol. The van der Waals surface area contributed by atoms with E-state index < -0.39 is 0 Å². The van der Waals surface area contributed by atoms with E-state index in [2.05, 4.69) is 22.5 Å². The van der Waals surface area contributed by atoms with Gasteiger partial charge in [0.25, 0.3) is 0 Å². The molecule has 0 saturated carbocycles. The molecule has 0 aliphatic heterocycles. The van der Waals surface area contributed by atoms with Crippen LogP contribution in [0, 0.1) is 13.8 Å². The standard InChI is InChI=1S/C19H23N5O/c1-12-13(2)22-19-16(12)18(21-11-7-10-20-14(3)25)23-17(24-19)15-8-5-4-6-9-15/h4-6,8-9H,7,10-11H2,1-3H3,(H,20,25)(H2,21,22,23,24). The van der Waals surface area contributed by atoms with E-state index in [1.54, 1.807) is 0 Å². The summed E-state index contributed by atoms with van der Waals surface area (Å²) < 4.78 is 0. The Labute approximate surface area is 147 Å². The van der Waals surface area contributed by atoms with Crippen LogP contribution >= 0.6 is 0 Å². The third-order valence-electron chi connectivity index (χ3n) is 4.20. The zero-order valence-electron chi connectivity index (χ0n) is 14.8. The van der Waals surface area contributed by atoms with E-state index in [-0.39, 0.29) is 5.91 Å². The molecule has 2 heterocycles. The van der Waals surface area contributed by atoms with Crippen LogP contribution in [0.3, 0.4) is 0 Å². The fourth-order valence-corrected chi connectivity index (χ4v) is 2.77. The fraction of sp³-hybridized carbons (Fsp3) is 0.316. The molecule has 3 rings (SSSR count). The molecule has 25 heavy (non-hydrogen) atoms. The molecule has 0 aliphatic carbocycles. The summed E-state index contributed by atoms with van der Waals surface area (Å²) in [6, 6.07) is 9.95. The Bertz CT molecular complexity index is 886. The van der Waals surface area contributed by atoms with Crippen molar-refractivity contribution in [3.8, 4) is 11.4 Å². The lowest BCUT2D eigenvalue weighted by molar-refractivity contribution is -0.118. The van der Waals surface area contributed by atoms with Gasteiger partial charge in [0.2, 0.25) is 5.91 Å².